The molecule has 1 fully saturated rings. The Morgan fingerprint density at radius 2 is 1.95 bits per heavy atom. The molecule has 1 aromatic heterocycles. The molecule has 1 saturated heterocycles. The van der Waals surface area contributed by atoms with Gasteiger partial charge in [0.15, 0.2) is 0 Å². The maximum atomic E-state index is 8.99. The molecule has 2 aromatic rings. The van der Waals surface area contributed by atoms with E-state index in [1.165, 1.54) is 5.39 Å². The van der Waals surface area contributed by atoms with Gasteiger partial charge in [0.05, 0.1) is 6.61 Å². The van der Waals surface area contributed by atoms with Crippen molar-refractivity contribution in [2.24, 2.45) is 0 Å². The van der Waals surface area contributed by atoms with Crippen LogP contribution >= 0.6 is 0 Å². The van der Waals surface area contributed by atoms with E-state index in [0.29, 0.717) is 0 Å². The number of anilines is 2. The lowest BCUT2D eigenvalue weighted by Crippen LogP contribution is -2.47. The highest BCUT2D eigenvalue weighted by molar-refractivity contribution is 5.94. The first-order valence-corrected chi connectivity index (χ1v) is 7.00. The van der Waals surface area contributed by atoms with Gasteiger partial charge in [0.25, 0.3) is 0 Å². The van der Waals surface area contributed by atoms with E-state index in [-0.39, 0.29) is 6.61 Å². The van der Waals surface area contributed by atoms with Crippen molar-refractivity contribution in [2.75, 3.05) is 50.0 Å². The third-order valence-corrected chi connectivity index (χ3v) is 3.86. The Morgan fingerprint density at radius 3 is 2.70 bits per heavy atom. The van der Waals surface area contributed by atoms with E-state index >= 15 is 0 Å². The van der Waals surface area contributed by atoms with Crippen LogP contribution in [0.1, 0.15) is 0 Å². The van der Waals surface area contributed by atoms with E-state index in [1.807, 2.05) is 30.5 Å². The Kier molecular flexibility index (Phi) is 3.71. The fourth-order valence-electron chi connectivity index (χ4n) is 2.75. The van der Waals surface area contributed by atoms with Crippen molar-refractivity contribution >= 4 is 22.3 Å². The number of pyridine rings is 1. The summed E-state index contributed by atoms with van der Waals surface area (Å²) in [5.74, 6) is 1.01. The summed E-state index contributed by atoms with van der Waals surface area (Å²) in [6, 6.07) is 7.97. The Morgan fingerprint density at radius 1 is 1.15 bits per heavy atom. The van der Waals surface area contributed by atoms with Crippen LogP contribution in [0.25, 0.3) is 10.8 Å². The molecule has 0 spiro atoms. The molecule has 5 nitrogen and oxygen atoms in total. The molecule has 0 bridgehead atoms. The summed E-state index contributed by atoms with van der Waals surface area (Å²) < 4.78 is 0. The fourth-order valence-corrected chi connectivity index (χ4v) is 2.75. The lowest BCUT2D eigenvalue weighted by molar-refractivity contribution is 0.188. The first-order valence-electron chi connectivity index (χ1n) is 7.00. The van der Waals surface area contributed by atoms with E-state index in [0.717, 1.165) is 49.6 Å². The summed E-state index contributed by atoms with van der Waals surface area (Å²) in [6.07, 6.45) is 1.86. The Bertz CT molecular complexity index is 593. The van der Waals surface area contributed by atoms with Gasteiger partial charge in [-0.15, -0.1) is 0 Å². The van der Waals surface area contributed by atoms with Crippen molar-refractivity contribution in [1.82, 2.24) is 9.88 Å². The highest BCUT2D eigenvalue weighted by Crippen LogP contribution is 2.26. The molecule has 0 amide bonds. The summed E-state index contributed by atoms with van der Waals surface area (Å²) in [5, 5.41) is 11.3. The maximum Gasteiger partial charge on any atom is 0.136 e. The smallest absolute Gasteiger partial charge is 0.136 e. The Balaban J connectivity index is 1.86. The van der Waals surface area contributed by atoms with E-state index in [1.54, 1.807) is 0 Å². The number of aliphatic hydroxyl groups excluding tert-OH is 1. The molecule has 5 heteroatoms. The van der Waals surface area contributed by atoms with Crippen LogP contribution in [0.4, 0.5) is 11.5 Å². The number of benzene rings is 1. The molecule has 106 valence electrons. The molecule has 1 aromatic carbocycles. The minimum Gasteiger partial charge on any atom is -0.399 e. The van der Waals surface area contributed by atoms with E-state index < -0.39 is 0 Å². The largest absolute Gasteiger partial charge is 0.399 e. The number of hydrogen-bond donors (Lipinski definition) is 2. The van der Waals surface area contributed by atoms with Crippen molar-refractivity contribution in [3.8, 4) is 0 Å². The highest BCUT2D eigenvalue weighted by atomic mass is 16.3. The second-order valence-corrected chi connectivity index (χ2v) is 5.17. The number of piperazine rings is 1. The van der Waals surface area contributed by atoms with Gasteiger partial charge in [-0.1, -0.05) is 6.07 Å². The zero-order valence-corrected chi connectivity index (χ0v) is 11.5. The van der Waals surface area contributed by atoms with Crippen molar-refractivity contribution in [3.05, 3.63) is 30.5 Å². The molecule has 1 aliphatic heterocycles. The standard InChI is InChI=1S/C15H20N4O/c16-13-2-1-12-3-4-17-15(14(12)11-13)19-7-5-18(6-8-19)9-10-20/h1-4,11,20H,5-10,16H2. The third kappa shape index (κ3) is 2.55. The number of nitrogens with two attached hydrogens (primary N) is 1. The Labute approximate surface area is 118 Å². The van der Waals surface area contributed by atoms with Crippen molar-refractivity contribution in [1.29, 1.82) is 0 Å². The molecule has 0 atom stereocenters. The molecule has 0 radical (unpaired) electrons. The number of aliphatic hydroxyl groups is 1. The van der Waals surface area contributed by atoms with Gasteiger partial charge in [0, 0.05) is 50.0 Å². The number of rotatable bonds is 3. The van der Waals surface area contributed by atoms with E-state index in [2.05, 4.69) is 14.8 Å². The number of fused-ring (bicyclic) bond motifs is 1. The molecule has 0 aliphatic carbocycles. The number of aromatic nitrogens is 1. The second kappa shape index (κ2) is 5.64. The molecule has 3 rings (SSSR count). The number of β-amino-alcohol motifs (C(OH)–C–C–N with tert-alkyl or cyclic N) is 1. The summed E-state index contributed by atoms with van der Waals surface area (Å²) in [6.45, 7) is 4.76. The Hall–Kier alpha value is -1.85. The van der Waals surface area contributed by atoms with Crippen LogP contribution in [0.3, 0.4) is 0 Å². The number of nitrogens with zero attached hydrogens (tertiary/aromatic N) is 3. The van der Waals surface area contributed by atoms with Crippen LogP contribution in [0.15, 0.2) is 30.5 Å². The molecule has 3 N–H and O–H groups in total. The van der Waals surface area contributed by atoms with Gasteiger partial charge >= 0.3 is 0 Å². The van der Waals surface area contributed by atoms with Crippen LogP contribution in [-0.4, -0.2) is 54.3 Å². The number of nitrogen functional groups attached to an aromatic ring is 1. The van der Waals surface area contributed by atoms with Gasteiger partial charge in [-0.3, -0.25) is 4.90 Å². The lowest BCUT2D eigenvalue weighted by Gasteiger charge is -2.35. The predicted molar refractivity (Wildman–Crippen MR) is 81.9 cm³/mol. The van der Waals surface area contributed by atoms with E-state index in [9.17, 15) is 0 Å². The fraction of sp³-hybridized carbons (Fsp3) is 0.400. The summed E-state index contributed by atoms with van der Waals surface area (Å²) >= 11 is 0. The summed E-state index contributed by atoms with van der Waals surface area (Å²) in [5.41, 5.74) is 6.67. The van der Waals surface area contributed by atoms with Gasteiger partial charge in [0.1, 0.15) is 5.82 Å². The lowest BCUT2D eigenvalue weighted by atomic mass is 10.1. The van der Waals surface area contributed by atoms with Crippen LogP contribution in [0.2, 0.25) is 0 Å². The van der Waals surface area contributed by atoms with Crippen molar-refractivity contribution < 1.29 is 5.11 Å². The average molecular weight is 272 g/mol. The SMILES string of the molecule is Nc1ccc2ccnc(N3CCN(CCO)CC3)c2c1. The van der Waals surface area contributed by atoms with Gasteiger partial charge in [-0.2, -0.15) is 0 Å². The van der Waals surface area contributed by atoms with Gasteiger partial charge in [-0.05, 0) is 23.6 Å². The first-order chi connectivity index (χ1) is 9.78. The molecular formula is C15H20N4O. The molecule has 20 heavy (non-hydrogen) atoms. The van der Waals surface area contributed by atoms with Crippen molar-refractivity contribution in [3.63, 3.8) is 0 Å². The molecule has 1 aliphatic rings. The van der Waals surface area contributed by atoms with Gasteiger partial charge < -0.3 is 15.7 Å². The number of hydrogen-bond acceptors (Lipinski definition) is 5. The van der Waals surface area contributed by atoms with Crippen LogP contribution in [-0.2, 0) is 0 Å². The van der Waals surface area contributed by atoms with Crippen LogP contribution in [0.5, 0.6) is 0 Å². The zero-order chi connectivity index (χ0) is 13.9. The molecule has 2 heterocycles. The topological polar surface area (TPSA) is 65.6 Å². The monoisotopic (exact) mass is 272 g/mol. The maximum absolute atomic E-state index is 8.99. The second-order valence-electron chi connectivity index (χ2n) is 5.17. The minimum atomic E-state index is 0.225. The normalized spacial score (nSPS) is 16.8. The first kappa shape index (κ1) is 13.1. The minimum absolute atomic E-state index is 0.225. The predicted octanol–water partition coefficient (Wildman–Crippen LogP) is 0.931. The van der Waals surface area contributed by atoms with Crippen molar-refractivity contribution in [2.45, 2.75) is 0 Å². The van der Waals surface area contributed by atoms with Crippen LogP contribution < -0.4 is 10.6 Å². The van der Waals surface area contributed by atoms with E-state index in [4.69, 9.17) is 10.8 Å². The highest BCUT2D eigenvalue weighted by Gasteiger charge is 2.19. The summed E-state index contributed by atoms with van der Waals surface area (Å²) in [7, 11) is 0. The zero-order valence-electron chi connectivity index (χ0n) is 11.5. The molecule has 0 unspecified atom stereocenters. The quantitative estimate of drug-likeness (QED) is 0.814. The molecule has 0 saturated carbocycles. The average Bonchev–Trinajstić information content (AvgIpc) is 2.48. The van der Waals surface area contributed by atoms with Gasteiger partial charge in [-0.25, -0.2) is 4.98 Å². The summed E-state index contributed by atoms with van der Waals surface area (Å²) in [4.78, 5) is 9.12. The van der Waals surface area contributed by atoms with Crippen LogP contribution in [0, 0.1) is 0 Å². The van der Waals surface area contributed by atoms with Gasteiger partial charge in [0.2, 0.25) is 0 Å². The third-order valence-electron chi connectivity index (χ3n) is 3.86. The molecular weight excluding hydrogens is 252 g/mol.